The lowest BCUT2D eigenvalue weighted by atomic mass is 10.1. The number of hydrogen-bond acceptors (Lipinski definition) is 6. The maximum atomic E-state index is 12.2. The number of esters is 1. The monoisotopic (exact) mass is 349 g/mol. The Hall–Kier alpha value is -2.48. The first-order valence-electron chi connectivity index (χ1n) is 7.37. The summed E-state index contributed by atoms with van der Waals surface area (Å²) >= 11 is 4.06. The van der Waals surface area contributed by atoms with E-state index in [9.17, 15) is 9.59 Å². The van der Waals surface area contributed by atoms with Crippen molar-refractivity contribution < 1.29 is 19.1 Å². The second-order valence-corrected chi connectivity index (χ2v) is 5.22. The van der Waals surface area contributed by atoms with Crippen molar-refractivity contribution >= 4 is 24.5 Å². The van der Waals surface area contributed by atoms with Crippen molar-refractivity contribution in [3.8, 4) is 17.0 Å². The maximum absolute atomic E-state index is 12.2. The molecule has 0 saturated carbocycles. The summed E-state index contributed by atoms with van der Waals surface area (Å²) in [4.78, 5) is 24.0. The molecule has 1 aromatic heterocycles. The zero-order chi connectivity index (χ0) is 17.5. The number of thiol groups is 1. The number of nitrogens with one attached hydrogen (secondary N) is 2. The number of aromatic amines is 1. The molecule has 0 saturated heterocycles. The number of aromatic nitrogens is 2. The first kappa shape index (κ1) is 17.9. The van der Waals surface area contributed by atoms with Crippen molar-refractivity contribution in [2.75, 3.05) is 19.5 Å². The predicted octanol–water partition coefficient (Wildman–Crippen LogP) is 1.68. The quantitative estimate of drug-likeness (QED) is 0.522. The van der Waals surface area contributed by atoms with Crippen LogP contribution in [0.15, 0.2) is 30.3 Å². The molecule has 0 unspecified atom stereocenters. The second-order valence-electron chi connectivity index (χ2n) is 4.86. The second kappa shape index (κ2) is 8.39. The van der Waals surface area contributed by atoms with Crippen molar-refractivity contribution in [1.29, 1.82) is 0 Å². The molecule has 1 aromatic carbocycles. The molecule has 0 fully saturated rings. The van der Waals surface area contributed by atoms with Gasteiger partial charge in [0.15, 0.2) is 0 Å². The van der Waals surface area contributed by atoms with E-state index in [-0.39, 0.29) is 18.1 Å². The normalized spacial score (nSPS) is 11.6. The van der Waals surface area contributed by atoms with E-state index >= 15 is 0 Å². The fourth-order valence-electron chi connectivity index (χ4n) is 2.03. The largest absolute Gasteiger partial charge is 0.497 e. The minimum absolute atomic E-state index is 0.140. The number of ether oxygens (including phenoxy) is 2. The van der Waals surface area contributed by atoms with E-state index < -0.39 is 17.9 Å². The summed E-state index contributed by atoms with van der Waals surface area (Å²) in [7, 11) is 1.58. The van der Waals surface area contributed by atoms with Crippen LogP contribution < -0.4 is 10.1 Å². The number of H-pyrrole nitrogens is 1. The van der Waals surface area contributed by atoms with Gasteiger partial charge in [-0.05, 0) is 25.1 Å². The van der Waals surface area contributed by atoms with Crippen LogP contribution in [0.1, 0.15) is 17.4 Å². The van der Waals surface area contributed by atoms with Crippen molar-refractivity contribution in [3.05, 3.63) is 36.0 Å². The number of amides is 1. The van der Waals surface area contributed by atoms with Gasteiger partial charge >= 0.3 is 5.97 Å². The van der Waals surface area contributed by atoms with Gasteiger partial charge < -0.3 is 14.8 Å². The predicted molar refractivity (Wildman–Crippen MR) is 92.3 cm³/mol. The van der Waals surface area contributed by atoms with Crippen LogP contribution >= 0.6 is 12.6 Å². The fraction of sp³-hybridized carbons (Fsp3) is 0.312. The van der Waals surface area contributed by atoms with Crippen LogP contribution in [-0.4, -0.2) is 47.6 Å². The third-order valence-corrected chi connectivity index (χ3v) is 3.61. The van der Waals surface area contributed by atoms with E-state index in [2.05, 4.69) is 28.1 Å². The van der Waals surface area contributed by atoms with Gasteiger partial charge in [-0.15, -0.1) is 0 Å². The molecule has 1 heterocycles. The average Bonchev–Trinajstić information content (AvgIpc) is 3.10. The number of hydrogen-bond donors (Lipinski definition) is 3. The van der Waals surface area contributed by atoms with E-state index in [1.165, 1.54) is 0 Å². The van der Waals surface area contributed by atoms with E-state index in [0.717, 1.165) is 5.56 Å². The molecule has 7 nitrogen and oxygen atoms in total. The van der Waals surface area contributed by atoms with Gasteiger partial charge in [-0.25, -0.2) is 4.79 Å². The van der Waals surface area contributed by atoms with Crippen LogP contribution in [-0.2, 0) is 9.53 Å². The molecule has 0 aliphatic heterocycles. The molecule has 8 heteroatoms. The summed E-state index contributed by atoms with van der Waals surface area (Å²) in [6.07, 6.45) is 0. The van der Waals surface area contributed by atoms with Gasteiger partial charge in [0.25, 0.3) is 5.91 Å². The van der Waals surface area contributed by atoms with Crippen LogP contribution in [0.5, 0.6) is 5.75 Å². The molecule has 24 heavy (non-hydrogen) atoms. The first-order valence-corrected chi connectivity index (χ1v) is 8.00. The van der Waals surface area contributed by atoms with Gasteiger partial charge in [0, 0.05) is 11.3 Å². The summed E-state index contributed by atoms with van der Waals surface area (Å²) in [6, 6.07) is 8.11. The SMILES string of the molecule is CCOC(=O)[C@H](CS)NC(=O)c1cc(-c2cccc(OC)c2)n[nH]1. The van der Waals surface area contributed by atoms with Crippen molar-refractivity contribution in [2.24, 2.45) is 0 Å². The molecule has 2 N–H and O–H groups in total. The van der Waals surface area contributed by atoms with Gasteiger partial charge in [-0.1, -0.05) is 12.1 Å². The number of nitrogens with zero attached hydrogens (tertiary/aromatic N) is 1. The lowest BCUT2D eigenvalue weighted by Gasteiger charge is -2.14. The smallest absolute Gasteiger partial charge is 0.329 e. The molecular formula is C16H19N3O4S. The molecule has 0 spiro atoms. The Bertz CT molecular complexity index is 717. The highest BCUT2D eigenvalue weighted by Crippen LogP contribution is 2.22. The number of methoxy groups -OCH3 is 1. The summed E-state index contributed by atoms with van der Waals surface area (Å²) in [5, 5.41) is 9.35. The number of benzene rings is 1. The molecule has 2 rings (SSSR count). The lowest BCUT2D eigenvalue weighted by Crippen LogP contribution is -2.43. The van der Waals surface area contributed by atoms with Gasteiger partial charge in [-0.2, -0.15) is 17.7 Å². The van der Waals surface area contributed by atoms with Crippen LogP contribution in [0, 0.1) is 0 Å². The van der Waals surface area contributed by atoms with Crippen LogP contribution in [0.4, 0.5) is 0 Å². The van der Waals surface area contributed by atoms with E-state index in [0.29, 0.717) is 11.4 Å². The molecule has 0 aliphatic rings. The molecule has 0 aliphatic carbocycles. The summed E-state index contributed by atoms with van der Waals surface area (Å²) in [5.41, 5.74) is 1.64. The molecular weight excluding hydrogens is 330 g/mol. The molecule has 2 aromatic rings. The Morgan fingerprint density at radius 1 is 1.38 bits per heavy atom. The molecule has 0 radical (unpaired) electrons. The van der Waals surface area contributed by atoms with Crippen LogP contribution in [0.2, 0.25) is 0 Å². The van der Waals surface area contributed by atoms with Crippen molar-refractivity contribution in [3.63, 3.8) is 0 Å². The topological polar surface area (TPSA) is 93.3 Å². The fourth-order valence-corrected chi connectivity index (χ4v) is 2.27. The average molecular weight is 349 g/mol. The Morgan fingerprint density at radius 3 is 2.83 bits per heavy atom. The van der Waals surface area contributed by atoms with Crippen LogP contribution in [0.3, 0.4) is 0 Å². The summed E-state index contributed by atoms with van der Waals surface area (Å²) < 4.78 is 10.1. The minimum Gasteiger partial charge on any atom is -0.497 e. The highest BCUT2D eigenvalue weighted by Gasteiger charge is 2.22. The zero-order valence-electron chi connectivity index (χ0n) is 13.4. The summed E-state index contributed by atoms with van der Waals surface area (Å²) in [5.74, 6) is -0.141. The maximum Gasteiger partial charge on any atom is 0.329 e. The first-order chi connectivity index (χ1) is 11.6. The lowest BCUT2D eigenvalue weighted by molar-refractivity contribution is -0.144. The minimum atomic E-state index is -0.815. The number of carbonyl (C=O) groups is 2. The number of rotatable bonds is 7. The third-order valence-electron chi connectivity index (χ3n) is 3.25. The van der Waals surface area contributed by atoms with Gasteiger partial charge in [-0.3, -0.25) is 9.89 Å². The molecule has 128 valence electrons. The molecule has 1 amide bonds. The van der Waals surface area contributed by atoms with Gasteiger partial charge in [0.05, 0.1) is 19.4 Å². The highest BCUT2D eigenvalue weighted by atomic mass is 32.1. The Balaban J connectivity index is 2.11. The van der Waals surface area contributed by atoms with Gasteiger partial charge in [0.1, 0.15) is 17.5 Å². The summed E-state index contributed by atoms with van der Waals surface area (Å²) in [6.45, 7) is 1.94. The Morgan fingerprint density at radius 2 is 2.17 bits per heavy atom. The van der Waals surface area contributed by atoms with Crippen molar-refractivity contribution in [1.82, 2.24) is 15.5 Å². The number of carbonyl (C=O) groups excluding carboxylic acids is 2. The van der Waals surface area contributed by atoms with E-state index in [4.69, 9.17) is 9.47 Å². The highest BCUT2D eigenvalue weighted by molar-refractivity contribution is 7.80. The van der Waals surface area contributed by atoms with Gasteiger partial charge in [0.2, 0.25) is 0 Å². The third kappa shape index (κ3) is 4.29. The van der Waals surface area contributed by atoms with E-state index in [1.807, 2.05) is 24.3 Å². The zero-order valence-corrected chi connectivity index (χ0v) is 14.3. The Labute approximate surface area is 145 Å². The van der Waals surface area contributed by atoms with E-state index in [1.54, 1.807) is 20.1 Å². The Kier molecular flexibility index (Phi) is 6.25. The standard InChI is InChI=1S/C16H19N3O4S/c1-3-23-16(21)14(9-24)17-15(20)13-8-12(18-19-13)10-5-4-6-11(7-10)22-2/h4-8,14,24H,3,9H2,1-2H3,(H,17,20)(H,18,19)/t14-/m0/s1. The molecule has 1 atom stereocenters. The van der Waals surface area contributed by atoms with Crippen LogP contribution in [0.25, 0.3) is 11.3 Å². The molecule has 0 bridgehead atoms. The van der Waals surface area contributed by atoms with Crippen molar-refractivity contribution in [2.45, 2.75) is 13.0 Å².